The largest absolute Gasteiger partial charge is 0.481 e. The third-order valence-corrected chi connectivity index (χ3v) is 2.03. The lowest BCUT2D eigenvalue weighted by Crippen LogP contribution is -2.35. The van der Waals surface area contributed by atoms with E-state index in [1.807, 2.05) is 6.92 Å². The fourth-order valence-electron chi connectivity index (χ4n) is 1.20. The number of ether oxygens (including phenoxy) is 1. The highest BCUT2D eigenvalue weighted by atomic mass is 16.5. The number of carbonyl (C=O) groups is 2. The molecule has 0 saturated heterocycles. The zero-order valence-electron chi connectivity index (χ0n) is 9.57. The van der Waals surface area contributed by atoms with Gasteiger partial charge in [0.1, 0.15) is 6.61 Å². The quantitative estimate of drug-likeness (QED) is 0.469. The molecule has 0 spiro atoms. The molecule has 16 heavy (non-hydrogen) atoms. The SMILES string of the molecule is CCCC(CNC(=O)COCCN)C(=O)O. The normalized spacial score (nSPS) is 12.1. The average molecular weight is 232 g/mol. The molecule has 0 rings (SSSR count). The number of hydrogen-bond donors (Lipinski definition) is 3. The van der Waals surface area contributed by atoms with Crippen LogP contribution >= 0.6 is 0 Å². The van der Waals surface area contributed by atoms with E-state index in [4.69, 9.17) is 15.6 Å². The van der Waals surface area contributed by atoms with Crippen molar-refractivity contribution < 1.29 is 19.4 Å². The maximum absolute atomic E-state index is 11.2. The molecule has 1 unspecified atom stereocenters. The van der Waals surface area contributed by atoms with Gasteiger partial charge >= 0.3 is 5.97 Å². The summed E-state index contributed by atoms with van der Waals surface area (Å²) in [6.45, 7) is 2.66. The van der Waals surface area contributed by atoms with Gasteiger partial charge in [-0.1, -0.05) is 13.3 Å². The third-order valence-electron chi connectivity index (χ3n) is 2.03. The molecular weight excluding hydrogens is 212 g/mol. The number of amides is 1. The Balaban J connectivity index is 3.74. The van der Waals surface area contributed by atoms with Crippen molar-refractivity contribution in [2.45, 2.75) is 19.8 Å². The Morgan fingerprint density at radius 3 is 2.69 bits per heavy atom. The number of hydrogen-bond acceptors (Lipinski definition) is 4. The molecule has 0 aromatic carbocycles. The average Bonchev–Trinajstić information content (AvgIpc) is 2.24. The van der Waals surface area contributed by atoms with Crippen LogP contribution in [0.2, 0.25) is 0 Å². The Morgan fingerprint density at radius 1 is 1.50 bits per heavy atom. The van der Waals surface area contributed by atoms with E-state index in [9.17, 15) is 9.59 Å². The lowest BCUT2D eigenvalue weighted by atomic mass is 10.0. The first-order valence-electron chi connectivity index (χ1n) is 5.39. The van der Waals surface area contributed by atoms with Gasteiger partial charge in [0.15, 0.2) is 0 Å². The van der Waals surface area contributed by atoms with E-state index in [1.54, 1.807) is 0 Å². The molecule has 0 aromatic rings. The van der Waals surface area contributed by atoms with E-state index in [1.165, 1.54) is 0 Å². The minimum atomic E-state index is -0.884. The molecule has 6 heteroatoms. The summed E-state index contributed by atoms with van der Waals surface area (Å²) in [5, 5.41) is 11.4. The van der Waals surface area contributed by atoms with Crippen molar-refractivity contribution in [1.82, 2.24) is 5.32 Å². The molecule has 0 bridgehead atoms. The number of carbonyl (C=O) groups excluding carboxylic acids is 1. The summed E-state index contributed by atoms with van der Waals surface area (Å²) in [5.41, 5.74) is 5.18. The summed E-state index contributed by atoms with van der Waals surface area (Å²) in [6.07, 6.45) is 1.33. The van der Waals surface area contributed by atoms with Crippen molar-refractivity contribution in [2.24, 2.45) is 11.7 Å². The Kier molecular flexibility index (Phi) is 8.46. The van der Waals surface area contributed by atoms with E-state index >= 15 is 0 Å². The minimum absolute atomic E-state index is 0.0737. The molecule has 0 saturated carbocycles. The zero-order valence-corrected chi connectivity index (χ0v) is 9.57. The fraction of sp³-hybridized carbons (Fsp3) is 0.800. The van der Waals surface area contributed by atoms with Crippen LogP contribution in [0.15, 0.2) is 0 Å². The smallest absolute Gasteiger partial charge is 0.308 e. The Labute approximate surface area is 95.1 Å². The maximum atomic E-state index is 11.2. The molecule has 0 aliphatic carbocycles. The topological polar surface area (TPSA) is 102 Å². The van der Waals surface area contributed by atoms with Crippen LogP contribution in [0.5, 0.6) is 0 Å². The highest BCUT2D eigenvalue weighted by Crippen LogP contribution is 2.04. The first-order chi connectivity index (χ1) is 7.61. The number of carboxylic acids is 1. The predicted octanol–water partition coefficient (Wildman–Crippen LogP) is -0.421. The molecule has 6 nitrogen and oxygen atoms in total. The van der Waals surface area contributed by atoms with Gasteiger partial charge in [-0.25, -0.2) is 0 Å². The number of nitrogens with two attached hydrogens (primary N) is 1. The first-order valence-corrected chi connectivity index (χ1v) is 5.39. The minimum Gasteiger partial charge on any atom is -0.481 e. The van der Waals surface area contributed by atoms with Crippen LogP contribution in [0, 0.1) is 5.92 Å². The fourth-order valence-corrected chi connectivity index (χ4v) is 1.20. The van der Waals surface area contributed by atoms with Gasteiger partial charge < -0.3 is 20.9 Å². The second-order valence-electron chi connectivity index (χ2n) is 3.47. The number of nitrogens with one attached hydrogen (secondary N) is 1. The van der Waals surface area contributed by atoms with Crippen molar-refractivity contribution in [3.63, 3.8) is 0 Å². The van der Waals surface area contributed by atoms with E-state index < -0.39 is 11.9 Å². The highest BCUT2D eigenvalue weighted by molar-refractivity contribution is 5.78. The molecule has 0 radical (unpaired) electrons. The van der Waals surface area contributed by atoms with Crippen LogP contribution < -0.4 is 11.1 Å². The van der Waals surface area contributed by atoms with Gasteiger partial charge in [-0.15, -0.1) is 0 Å². The van der Waals surface area contributed by atoms with Gasteiger partial charge in [0.2, 0.25) is 5.91 Å². The van der Waals surface area contributed by atoms with Gasteiger partial charge in [0, 0.05) is 13.1 Å². The Morgan fingerprint density at radius 2 is 2.19 bits per heavy atom. The number of carboxylic acid groups (broad SMARTS) is 1. The molecule has 0 aromatic heterocycles. The highest BCUT2D eigenvalue weighted by Gasteiger charge is 2.16. The molecule has 94 valence electrons. The van der Waals surface area contributed by atoms with Crippen LogP contribution in [0.4, 0.5) is 0 Å². The monoisotopic (exact) mass is 232 g/mol. The summed E-state index contributed by atoms with van der Waals surface area (Å²) in [6, 6.07) is 0. The molecule has 0 heterocycles. The molecule has 0 aliphatic heterocycles. The molecule has 0 aliphatic rings. The van der Waals surface area contributed by atoms with E-state index in [2.05, 4.69) is 5.32 Å². The lowest BCUT2D eigenvalue weighted by Gasteiger charge is -2.12. The molecule has 1 amide bonds. The van der Waals surface area contributed by atoms with E-state index in [-0.39, 0.29) is 19.1 Å². The second kappa shape index (κ2) is 9.11. The van der Waals surface area contributed by atoms with Crippen LogP contribution in [-0.2, 0) is 14.3 Å². The van der Waals surface area contributed by atoms with Gasteiger partial charge in [-0.05, 0) is 6.42 Å². The third kappa shape index (κ3) is 7.19. The summed E-state index contributed by atoms with van der Waals surface area (Å²) in [5.74, 6) is -1.72. The zero-order chi connectivity index (χ0) is 12.4. The van der Waals surface area contributed by atoms with Gasteiger partial charge in [-0.2, -0.15) is 0 Å². The van der Waals surface area contributed by atoms with Crippen LogP contribution in [0.1, 0.15) is 19.8 Å². The summed E-state index contributed by atoms with van der Waals surface area (Å²) >= 11 is 0. The summed E-state index contributed by atoms with van der Waals surface area (Å²) in [4.78, 5) is 21.9. The van der Waals surface area contributed by atoms with Crippen molar-refractivity contribution in [3.05, 3.63) is 0 Å². The summed E-state index contributed by atoms with van der Waals surface area (Å²) in [7, 11) is 0. The van der Waals surface area contributed by atoms with Crippen LogP contribution in [0.25, 0.3) is 0 Å². The molecule has 0 fully saturated rings. The summed E-state index contributed by atoms with van der Waals surface area (Å²) < 4.78 is 4.91. The first kappa shape index (κ1) is 14.9. The van der Waals surface area contributed by atoms with Crippen molar-refractivity contribution in [1.29, 1.82) is 0 Å². The van der Waals surface area contributed by atoms with Gasteiger partial charge in [-0.3, -0.25) is 9.59 Å². The van der Waals surface area contributed by atoms with E-state index in [0.717, 1.165) is 6.42 Å². The lowest BCUT2D eigenvalue weighted by molar-refractivity contribution is -0.142. The Hall–Kier alpha value is -1.14. The Bertz CT molecular complexity index is 221. The van der Waals surface area contributed by atoms with Crippen molar-refractivity contribution in [2.75, 3.05) is 26.3 Å². The molecule has 4 N–H and O–H groups in total. The number of aliphatic carboxylic acids is 1. The van der Waals surface area contributed by atoms with Gasteiger partial charge in [0.25, 0.3) is 0 Å². The van der Waals surface area contributed by atoms with Crippen LogP contribution in [-0.4, -0.2) is 43.3 Å². The van der Waals surface area contributed by atoms with Crippen molar-refractivity contribution >= 4 is 11.9 Å². The predicted molar refractivity (Wildman–Crippen MR) is 58.9 cm³/mol. The van der Waals surface area contributed by atoms with E-state index in [0.29, 0.717) is 19.6 Å². The van der Waals surface area contributed by atoms with Crippen molar-refractivity contribution in [3.8, 4) is 0 Å². The molecular formula is C10H20N2O4. The molecule has 1 atom stereocenters. The maximum Gasteiger partial charge on any atom is 0.308 e. The second-order valence-corrected chi connectivity index (χ2v) is 3.47. The standard InChI is InChI=1S/C10H20N2O4/c1-2-3-8(10(14)15)6-12-9(13)7-16-5-4-11/h8H,2-7,11H2,1H3,(H,12,13)(H,14,15). The van der Waals surface area contributed by atoms with Gasteiger partial charge in [0.05, 0.1) is 12.5 Å². The van der Waals surface area contributed by atoms with Crippen LogP contribution in [0.3, 0.4) is 0 Å². The number of rotatable bonds is 9.